The van der Waals surface area contributed by atoms with E-state index in [9.17, 15) is 4.79 Å². The van der Waals surface area contributed by atoms with Gasteiger partial charge in [-0.15, -0.1) is 0 Å². The van der Waals surface area contributed by atoms with Crippen molar-refractivity contribution >= 4 is 29.0 Å². The second-order valence-corrected chi connectivity index (χ2v) is 6.09. The molecule has 1 aliphatic rings. The van der Waals surface area contributed by atoms with Crippen LogP contribution in [0.25, 0.3) is 0 Å². The average Bonchev–Trinajstić information content (AvgIpc) is 2.61. The number of ether oxygens (including phenoxy) is 3. The maximum absolute atomic E-state index is 12.8. The highest BCUT2D eigenvalue weighted by molar-refractivity contribution is 6.31. The number of nitrogens with zero attached hydrogens (tertiary/aromatic N) is 1. The molecule has 0 spiro atoms. The summed E-state index contributed by atoms with van der Waals surface area (Å²) in [4.78, 5) is 14.4. The number of rotatable bonds is 3. The van der Waals surface area contributed by atoms with Crippen molar-refractivity contribution < 1.29 is 19.0 Å². The summed E-state index contributed by atoms with van der Waals surface area (Å²) in [6, 6.07) is 10.2. The first-order valence-corrected chi connectivity index (χ1v) is 8.16. The number of fused-ring (bicyclic) bond motifs is 1. The van der Waals surface area contributed by atoms with Crippen molar-refractivity contribution in [1.82, 2.24) is 0 Å². The van der Waals surface area contributed by atoms with E-state index in [1.165, 1.54) is 0 Å². The van der Waals surface area contributed by atoms with Crippen LogP contribution >= 0.6 is 11.6 Å². The first-order valence-electron chi connectivity index (χ1n) is 7.78. The first kappa shape index (κ1) is 17.2. The van der Waals surface area contributed by atoms with Crippen molar-refractivity contribution in [2.75, 3.05) is 31.0 Å². The third-order valence-corrected chi connectivity index (χ3v) is 4.09. The lowest BCUT2D eigenvalue weighted by molar-refractivity contribution is 0.208. The lowest BCUT2D eigenvalue weighted by atomic mass is 10.2. The van der Waals surface area contributed by atoms with Gasteiger partial charge in [0.15, 0.2) is 11.5 Å². The standard InChI is InChI=1S/C18H19ClN2O4/c1-11-10-21(14-8-12(19)4-6-15(14)25-11)18(22)20-13-5-7-16(23-2)17(9-13)24-3/h4-9,11H,10H2,1-3H3,(H,20,22)/t11-/m0/s1. The Balaban J connectivity index is 1.86. The number of carbonyl (C=O) groups excluding carboxylic acids is 1. The maximum atomic E-state index is 12.8. The number of halogens is 1. The van der Waals surface area contributed by atoms with Crippen molar-refractivity contribution in [3.8, 4) is 17.2 Å². The number of benzene rings is 2. The van der Waals surface area contributed by atoms with Gasteiger partial charge < -0.3 is 19.5 Å². The van der Waals surface area contributed by atoms with Crippen molar-refractivity contribution in [2.24, 2.45) is 0 Å². The first-order chi connectivity index (χ1) is 12.0. The lowest BCUT2D eigenvalue weighted by Crippen LogP contribution is -2.44. The van der Waals surface area contributed by atoms with Crippen LogP contribution in [0.2, 0.25) is 5.02 Å². The van der Waals surface area contributed by atoms with Crippen LogP contribution in [-0.4, -0.2) is 32.9 Å². The van der Waals surface area contributed by atoms with E-state index in [2.05, 4.69) is 5.32 Å². The Bertz CT molecular complexity index is 797. The summed E-state index contributed by atoms with van der Waals surface area (Å²) < 4.78 is 16.2. The molecule has 0 unspecified atom stereocenters. The fourth-order valence-corrected chi connectivity index (χ4v) is 2.87. The van der Waals surface area contributed by atoms with Crippen molar-refractivity contribution in [1.29, 1.82) is 0 Å². The molecule has 1 aliphatic heterocycles. The number of hydrogen-bond acceptors (Lipinski definition) is 4. The molecule has 0 saturated carbocycles. The van der Waals surface area contributed by atoms with Crippen LogP contribution in [0.1, 0.15) is 6.92 Å². The van der Waals surface area contributed by atoms with Crippen LogP contribution in [0.5, 0.6) is 17.2 Å². The van der Waals surface area contributed by atoms with Crippen LogP contribution in [-0.2, 0) is 0 Å². The molecule has 25 heavy (non-hydrogen) atoms. The van der Waals surface area contributed by atoms with Gasteiger partial charge in [-0.25, -0.2) is 4.79 Å². The molecule has 2 amide bonds. The number of methoxy groups -OCH3 is 2. The Morgan fingerprint density at radius 1 is 1.20 bits per heavy atom. The fraction of sp³-hybridized carbons (Fsp3) is 0.278. The molecule has 1 heterocycles. The molecular weight excluding hydrogens is 344 g/mol. The minimum absolute atomic E-state index is 0.121. The second-order valence-electron chi connectivity index (χ2n) is 5.65. The number of nitrogens with one attached hydrogen (secondary N) is 1. The summed E-state index contributed by atoms with van der Waals surface area (Å²) in [5, 5.41) is 3.41. The number of carbonyl (C=O) groups is 1. The molecule has 7 heteroatoms. The van der Waals surface area contributed by atoms with E-state index in [0.717, 1.165) is 0 Å². The van der Waals surface area contributed by atoms with Crippen LogP contribution in [0.4, 0.5) is 16.2 Å². The third kappa shape index (κ3) is 3.58. The number of amides is 2. The van der Waals surface area contributed by atoms with E-state index in [-0.39, 0.29) is 12.1 Å². The van der Waals surface area contributed by atoms with Gasteiger partial charge in [-0.1, -0.05) is 11.6 Å². The van der Waals surface area contributed by atoms with Gasteiger partial charge in [0, 0.05) is 16.8 Å². The van der Waals surface area contributed by atoms with E-state index >= 15 is 0 Å². The normalized spacial score (nSPS) is 15.8. The molecule has 1 atom stereocenters. The molecule has 2 aromatic rings. The smallest absolute Gasteiger partial charge is 0.326 e. The Morgan fingerprint density at radius 2 is 1.96 bits per heavy atom. The Labute approximate surface area is 151 Å². The molecule has 3 rings (SSSR count). The molecule has 0 saturated heterocycles. The van der Waals surface area contributed by atoms with Gasteiger partial charge in [0.2, 0.25) is 0 Å². The SMILES string of the molecule is COc1ccc(NC(=O)N2C[C@H](C)Oc3ccc(Cl)cc32)cc1OC. The zero-order chi connectivity index (χ0) is 18.0. The monoisotopic (exact) mass is 362 g/mol. The van der Waals surface area contributed by atoms with Crippen molar-refractivity contribution in [3.05, 3.63) is 41.4 Å². The molecule has 0 aliphatic carbocycles. The highest BCUT2D eigenvalue weighted by Gasteiger charge is 2.28. The third-order valence-electron chi connectivity index (χ3n) is 3.86. The largest absolute Gasteiger partial charge is 0.493 e. The number of urea groups is 1. The molecule has 0 aromatic heterocycles. The molecule has 6 nitrogen and oxygen atoms in total. The Morgan fingerprint density at radius 3 is 2.68 bits per heavy atom. The number of anilines is 2. The van der Waals surface area contributed by atoms with Crippen LogP contribution in [0.3, 0.4) is 0 Å². The van der Waals surface area contributed by atoms with Crippen molar-refractivity contribution in [3.63, 3.8) is 0 Å². The maximum Gasteiger partial charge on any atom is 0.326 e. The zero-order valence-electron chi connectivity index (χ0n) is 14.2. The predicted octanol–water partition coefficient (Wildman–Crippen LogP) is 4.18. The summed E-state index contributed by atoms with van der Waals surface area (Å²) in [7, 11) is 3.11. The summed E-state index contributed by atoms with van der Waals surface area (Å²) >= 11 is 6.07. The minimum atomic E-state index is -0.272. The van der Waals surface area contributed by atoms with Gasteiger partial charge >= 0.3 is 6.03 Å². The molecule has 0 radical (unpaired) electrons. The van der Waals surface area contributed by atoms with E-state index in [0.29, 0.717) is 40.2 Å². The van der Waals surface area contributed by atoms with Gasteiger partial charge in [0.1, 0.15) is 11.9 Å². The predicted molar refractivity (Wildman–Crippen MR) is 97.5 cm³/mol. The lowest BCUT2D eigenvalue weighted by Gasteiger charge is -2.33. The van der Waals surface area contributed by atoms with Crippen molar-refractivity contribution in [2.45, 2.75) is 13.0 Å². The molecule has 2 aromatic carbocycles. The zero-order valence-corrected chi connectivity index (χ0v) is 15.0. The molecule has 0 bridgehead atoms. The number of hydrogen-bond donors (Lipinski definition) is 1. The highest BCUT2D eigenvalue weighted by Crippen LogP contribution is 2.36. The van der Waals surface area contributed by atoms with Crippen LogP contribution < -0.4 is 24.4 Å². The summed E-state index contributed by atoms with van der Waals surface area (Å²) in [6.07, 6.45) is -0.121. The van der Waals surface area contributed by atoms with Gasteiger partial charge in [0.25, 0.3) is 0 Å². The molecule has 0 fully saturated rings. The van der Waals surface area contributed by atoms with Gasteiger partial charge in [-0.2, -0.15) is 0 Å². The molecular formula is C18H19ClN2O4. The van der Waals surface area contributed by atoms with E-state index in [4.69, 9.17) is 25.8 Å². The molecule has 132 valence electrons. The van der Waals surface area contributed by atoms with Crippen LogP contribution in [0.15, 0.2) is 36.4 Å². The van der Waals surface area contributed by atoms with Crippen LogP contribution in [0, 0.1) is 0 Å². The van der Waals surface area contributed by atoms with Gasteiger partial charge in [-0.05, 0) is 37.3 Å². The quantitative estimate of drug-likeness (QED) is 0.889. The van der Waals surface area contributed by atoms with E-state index < -0.39 is 0 Å². The summed E-state index contributed by atoms with van der Waals surface area (Å²) in [5.41, 5.74) is 1.24. The van der Waals surface area contributed by atoms with Gasteiger partial charge in [-0.3, -0.25) is 4.90 Å². The summed E-state index contributed by atoms with van der Waals surface area (Å²) in [6.45, 7) is 2.33. The van der Waals surface area contributed by atoms with E-state index in [1.807, 2.05) is 6.92 Å². The summed E-state index contributed by atoms with van der Waals surface area (Å²) in [5.74, 6) is 1.77. The Hall–Kier alpha value is -2.60. The van der Waals surface area contributed by atoms with Gasteiger partial charge in [0.05, 0.1) is 26.5 Å². The fourth-order valence-electron chi connectivity index (χ4n) is 2.71. The Kier molecular flexibility index (Phi) is 4.90. The topological polar surface area (TPSA) is 60.0 Å². The molecule has 1 N–H and O–H groups in total. The highest BCUT2D eigenvalue weighted by atomic mass is 35.5. The second kappa shape index (κ2) is 7.11. The average molecular weight is 363 g/mol. The minimum Gasteiger partial charge on any atom is -0.493 e. The van der Waals surface area contributed by atoms with E-state index in [1.54, 1.807) is 55.5 Å².